The predicted octanol–water partition coefficient (Wildman–Crippen LogP) is 0.977. The van der Waals surface area contributed by atoms with E-state index >= 15 is 0 Å². The van der Waals surface area contributed by atoms with Crippen LogP contribution < -0.4 is 0 Å². The highest BCUT2D eigenvalue weighted by Crippen LogP contribution is 1.96. The Bertz CT molecular complexity index is 51.5. The second-order valence-electron chi connectivity index (χ2n) is 0.803. The number of hydrogen-bond donors (Lipinski definition) is 0. The van der Waals surface area contributed by atoms with Crippen LogP contribution in [0.3, 0.4) is 0 Å². The number of carbonyl (C=O) groups is 1. The van der Waals surface area contributed by atoms with Crippen molar-refractivity contribution in [3.05, 3.63) is 6.92 Å². The molecule has 2 radical (unpaired) electrons. The second kappa shape index (κ2) is 3.22. The normalized spacial score (nSPS) is 8.33. The fourth-order valence-electron chi connectivity index (χ4n) is 0.117. The lowest BCUT2D eigenvalue weighted by Crippen LogP contribution is -1.78. The van der Waals surface area contributed by atoms with Gasteiger partial charge in [0, 0.05) is 12.7 Å². The van der Waals surface area contributed by atoms with E-state index in [0.717, 1.165) is 11.8 Å². The van der Waals surface area contributed by atoms with Gasteiger partial charge in [-0.05, 0) is 6.92 Å². The molecule has 2 heteroatoms. The molecule has 6 heavy (non-hydrogen) atoms. The van der Waals surface area contributed by atoms with Gasteiger partial charge in [-0.1, -0.05) is 11.8 Å². The third-order valence-electron chi connectivity index (χ3n) is 0.287. The first-order valence-electron chi connectivity index (χ1n) is 1.61. The fourth-order valence-corrected chi connectivity index (χ4v) is 0.352. The predicted molar refractivity (Wildman–Crippen MR) is 27.4 cm³/mol. The van der Waals surface area contributed by atoms with E-state index in [2.05, 4.69) is 0 Å². The minimum absolute atomic E-state index is 0.0810. The van der Waals surface area contributed by atoms with E-state index in [0.29, 0.717) is 5.75 Å². The maximum absolute atomic E-state index is 9.93. The molecular formula is C4H6OS. The molecule has 0 saturated carbocycles. The quantitative estimate of drug-likeness (QED) is 0.491. The van der Waals surface area contributed by atoms with Crippen molar-refractivity contribution in [1.82, 2.24) is 0 Å². The molecule has 34 valence electrons. The Morgan fingerprint density at radius 2 is 2.50 bits per heavy atom. The summed E-state index contributed by atoms with van der Waals surface area (Å²) in [6.45, 7) is 6.47. The van der Waals surface area contributed by atoms with Gasteiger partial charge in [0.05, 0.1) is 0 Å². The van der Waals surface area contributed by atoms with Crippen LogP contribution in [0.25, 0.3) is 0 Å². The summed E-state index contributed by atoms with van der Waals surface area (Å²) in [6, 6.07) is 0. The van der Waals surface area contributed by atoms with Gasteiger partial charge < -0.3 is 0 Å². The molecule has 0 saturated heterocycles. The Balaban J connectivity index is 2.83. The lowest BCUT2D eigenvalue weighted by Gasteiger charge is -1.80. The second-order valence-corrected chi connectivity index (χ2v) is 2.00. The minimum Gasteiger partial charge on any atom is -0.288 e. The van der Waals surface area contributed by atoms with E-state index in [9.17, 15) is 4.79 Å². The third-order valence-corrected chi connectivity index (χ3v) is 0.860. The van der Waals surface area contributed by atoms with E-state index in [1.807, 2.05) is 0 Å². The number of hydrogen-bond acceptors (Lipinski definition) is 2. The SMILES string of the molecule is [CH]CSC(C)=O. The molecule has 0 aromatic heterocycles. The topological polar surface area (TPSA) is 17.1 Å². The van der Waals surface area contributed by atoms with Crippen molar-refractivity contribution in [2.45, 2.75) is 6.92 Å². The van der Waals surface area contributed by atoms with Crippen molar-refractivity contribution in [3.8, 4) is 0 Å². The zero-order valence-corrected chi connectivity index (χ0v) is 4.42. The molecule has 0 bridgehead atoms. The van der Waals surface area contributed by atoms with Crippen molar-refractivity contribution in [3.63, 3.8) is 0 Å². The first kappa shape index (κ1) is 6.02. The van der Waals surface area contributed by atoms with Crippen LogP contribution >= 0.6 is 11.8 Å². The van der Waals surface area contributed by atoms with Crippen molar-refractivity contribution < 1.29 is 4.79 Å². The summed E-state index contributed by atoms with van der Waals surface area (Å²) in [7, 11) is 0. The summed E-state index contributed by atoms with van der Waals surface area (Å²) >= 11 is 1.12. The Hall–Kier alpha value is 0.0200. The molecular weight excluding hydrogens is 96.1 g/mol. The summed E-state index contributed by atoms with van der Waals surface area (Å²) < 4.78 is 0. The Morgan fingerprint density at radius 1 is 2.00 bits per heavy atom. The van der Waals surface area contributed by atoms with Gasteiger partial charge in [0.15, 0.2) is 5.12 Å². The van der Waals surface area contributed by atoms with Gasteiger partial charge >= 0.3 is 0 Å². The van der Waals surface area contributed by atoms with E-state index in [1.54, 1.807) is 0 Å². The smallest absolute Gasteiger partial charge is 0.185 e. The molecule has 0 fully saturated rings. The Labute approximate surface area is 42.1 Å². The summed E-state index contributed by atoms with van der Waals surface area (Å²) in [5, 5.41) is 0.0810. The van der Waals surface area contributed by atoms with E-state index < -0.39 is 0 Å². The van der Waals surface area contributed by atoms with Gasteiger partial charge in [0.1, 0.15) is 0 Å². The maximum Gasteiger partial charge on any atom is 0.185 e. The van der Waals surface area contributed by atoms with E-state index in [4.69, 9.17) is 6.92 Å². The summed E-state index contributed by atoms with van der Waals surface area (Å²) in [6.07, 6.45) is 0. The summed E-state index contributed by atoms with van der Waals surface area (Å²) in [4.78, 5) is 9.93. The van der Waals surface area contributed by atoms with E-state index in [-0.39, 0.29) is 5.12 Å². The van der Waals surface area contributed by atoms with Crippen LogP contribution in [0, 0.1) is 6.92 Å². The van der Waals surface area contributed by atoms with Gasteiger partial charge in [-0.25, -0.2) is 0 Å². The fraction of sp³-hybridized carbons (Fsp3) is 0.500. The molecule has 0 spiro atoms. The van der Waals surface area contributed by atoms with Crippen LogP contribution in [-0.4, -0.2) is 10.9 Å². The van der Waals surface area contributed by atoms with Crippen molar-refractivity contribution in [2.24, 2.45) is 0 Å². The zero-order chi connectivity index (χ0) is 4.99. The average Bonchev–Trinajstić information content (AvgIpc) is 1.35. The molecule has 0 atom stereocenters. The molecule has 0 aliphatic rings. The van der Waals surface area contributed by atoms with Crippen LogP contribution in [0.2, 0.25) is 0 Å². The van der Waals surface area contributed by atoms with Crippen LogP contribution in [-0.2, 0) is 4.79 Å². The van der Waals surface area contributed by atoms with Crippen molar-refractivity contribution in [2.75, 3.05) is 5.75 Å². The molecule has 1 nitrogen and oxygen atoms in total. The first-order chi connectivity index (χ1) is 2.77. The third kappa shape index (κ3) is 4.02. The van der Waals surface area contributed by atoms with Gasteiger partial charge in [-0.3, -0.25) is 4.79 Å². The zero-order valence-electron chi connectivity index (χ0n) is 3.60. The molecule has 0 aromatic rings. The molecule has 0 amide bonds. The van der Waals surface area contributed by atoms with Crippen LogP contribution in [0.15, 0.2) is 0 Å². The number of rotatable bonds is 1. The minimum atomic E-state index is 0.0810. The molecule has 0 N–H and O–H groups in total. The average molecular weight is 102 g/mol. The number of thioether (sulfide) groups is 1. The van der Waals surface area contributed by atoms with Gasteiger partial charge in [0.2, 0.25) is 0 Å². The van der Waals surface area contributed by atoms with Gasteiger partial charge in [-0.15, -0.1) is 0 Å². The summed E-state index contributed by atoms with van der Waals surface area (Å²) in [5.41, 5.74) is 0. The highest BCUT2D eigenvalue weighted by Gasteiger charge is 1.84. The largest absolute Gasteiger partial charge is 0.288 e. The molecule has 0 aliphatic carbocycles. The van der Waals surface area contributed by atoms with Crippen LogP contribution in [0.4, 0.5) is 0 Å². The Morgan fingerprint density at radius 3 is 2.50 bits per heavy atom. The first-order valence-corrected chi connectivity index (χ1v) is 2.59. The monoisotopic (exact) mass is 102 g/mol. The summed E-state index contributed by atoms with van der Waals surface area (Å²) in [5.74, 6) is 0.398. The lowest BCUT2D eigenvalue weighted by molar-refractivity contribution is -0.109. The van der Waals surface area contributed by atoms with Crippen molar-refractivity contribution in [1.29, 1.82) is 0 Å². The lowest BCUT2D eigenvalue weighted by atomic mass is 10.9. The molecule has 0 unspecified atom stereocenters. The highest BCUT2D eigenvalue weighted by atomic mass is 32.2. The van der Waals surface area contributed by atoms with Gasteiger partial charge in [0.25, 0.3) is 0 Å². The number of carbonyl (C=O) groups excluding carboxylic acids is 1. The molecule has 0 rings (SSSR count). The van der Waals surface area contributed by atoms with Crippen LogP contribution in [0.5, 0.6) is 0 Å². The maximum atomic E-state index is 9.93. The van der Waals surface area contributed by atoms with Gasteiger partial charge in [-0.2, -0.15) is 0 Å². The standard InChI is InChI=1S/C4H6OS/c1-3-6-4(2)5/h1H,3H2,2H3. The molecule has 0 heterocycles. The molecule has 0 aliphatic heterocycles. The van der Waals surface area contributed by atoms with Crippen LogP contribution in [0.1, 0.15) is 6.92 Å². The Kier molecular flexibility index (Phi) is 3.23. The van der Waals surface area contributed by atoms with E-state index in [1.165, 1.54) is 6.92 Å². The highest BCUT2D eigenvalue weighted by molar-refractivity contribution is 8.13. The molecule has 0 aromatic carbocycles. The van der Waals surface area contributed by atoms with Crippen molar-refractivity contribution >= 4 is 16.9 Å².